The summed E-state index contributed by atoms with van der Waals surface area (Å²) in [7, 11) is 1.82. The van der Waals surface area contributed by atoms with E-state index in [1.165, 1.54) is 5.69 Å². The van der Waals surface area contributed by atoms with Gasteiger partial charge < -0.3 is 10.2 Å². The van der Waals surface area contributed by atoms with Gasteiger partial charge >= 0.3 is 0 Å². The van der Waals surface area contributed by atoms with E-state index in [0.29, 0.717) is 6.54 Å². The summed E-state index contributed by atoms with van der Waals surface area (Å²) >= 11 is 0. The normalized spacial score (nSPS) is 10.7. The first-order chi connectivity index (χ1) is 8.54. The molecule has 1 aromatic heterocycles. The Morgan fingerprint density at radius 3 is 2.78 bits per heavy atom. The number of carbonyl (C=O) groups is 1. The lowest BCUT2D eigenvalue weighted by Gasteiger charge is -2.14. The Morgan fingerprint density at radius 2 is 2.22 bits per heavy atom. The van der Waals surface area contributed by atoms with Gasteiger partial charge in [-0.25, -0.2) is 0 Å². The summed E-state index contributed by atoms with van der Waals surface area (Å²) in [6.45, 7) is 8.94. The molecule has 0 bridgehead atoms. The van der Waals surface area contributed by atoms with Crippen LogP contribution >= 0.6 is 0 Å². The van der Waals surface area contributed by atoms with E-state index in [1.54, 1.807) is 4.90 Å². The van der Waals surface area contributed by atoms with Crippen molar-refractivity contribution in [1.29, 1.82) is 0 Å². The van der Waals surface area contributed by atoms with E-state index in [4.69, 9.17) is 0 Å². The number of aryl methyl sites for hydroxylation is 3. The van der Waals surface area contributed by atoms with E-state index in [9.17, 15) is 4.79 Å². The van der Waals surface area contributed by atoms with Crippen LogP contribution in [0.5, 0.6) is 0 Å². The van der Waals surface area contributed by atoms with Crippen molar-refractivity contribution in [1.82, 2.24) is 20.0 Å². The van der Waals surface area contributed by atoms with Crippen LogP contribution in [0.4, 0.5) is 0 Å². The third-order valence-corrected chi connectivity index (χ3v) is 3.00. The second kappa shape index (κ2) is 7.16. The van der Waals surface area contributed by atoms with Gasteiger partial charge in [-0.15, -0.1) is 0 Å². The molecule has 5 nitrogen and oxygen atoms in total. The van der Waals surface area contributed by atoms with E-state index in [2.05, 4.69) is 23.4 Å². The Labute approximate surface area is 109 Å². The number of hydrogen-bond acceptors (Lipinski definition) is 3. The maximum atomic E-state index is 11.5. The first kappa shape index (κ1) is 14.7. The molecule has 0 aliphatic heterocycles. The molecule has 0 atom stereocenters. The van der Waals surface area contributed by atoms with Crippen LogP contribution < -0.4 is 5.32 Å². The molecule has 1 rings (SSSR count). The molecule has 0 fully saturated rings. The third-order valence-electron chi connectivity index (χ3n) is 3.00. The van der Waals surface area contributed by atoms with E-state index >= 15 is 0 Å². The zero-order valence-electron chi connectivity index (χ0n) is 11.9. The van der Waals surface area contributed by atoms with Crippen molar-refractivity contribution in [2.45, 2.75) is 33.7 Å². The molecule has 0 spiro atoms. The maximum absolute atomic E-state index is 11.5. The Kier molecular flexibility index (Phi) is 5.85. The van der Waals surface area contributed by atoms with Crippen LogP contribution in [0.25, 0.3) is 0 Å². The number of carbonyl (C=O) groups excluding carboxylic acids is 1. The third kappa shape index (κ3) is 4.49. The molecular formula is C13H24N4O. The number of hydrogen-bond donors (Lipinski definition) is 1. The predicted molar refractivity (Wildman–Crippen MR) is 72.5 cm³/mol. The molecule has 1 N–H and O–H groups in total. The Morgan fingerprint density at radius 1 is 1.50 bits per heavy atom. The van der Waals surface area contributed by atoms with E-state index in [0.717, 1.165) is 31.7 Å². The molecule has 0 aliphatic rings. The first-order valence-corrected chi connectivity index (χ1v) is 6.50. The molecule has 1 amide bonds. The molecular weight excluding hydrogens is 228 g/mol. The monoisotopic (exact) mass is 252 g/mol. The van der Waals surface area contributed by atoms with Gasteiger partial charge in [-0.1, -0.05) is 0 Å². The van der Waals surface area contributed by atoms with Crippen LogP contribution in [0.2, 0.25) is 0 Å². The van der Waals surface area contributed by atoms with Crippen molar-refractivity contribution < 1.29 is 4.79 Å². The fraction of sp³-hybridized carbons (Fsp3) is 0.692. The lowest BCUT2D eigenvalue weighted by Crippen LogP contribution is -2.35. The second-order valence-corrected chi connectivity index (χ2v) is 4.59. The van der Waals surface area contributed by atoms with E-state index in [1.807, 2.05) is 25.6 Å². The van der Waals surface area contributed by atoms with Crippen molar-refractivity contribution in [3.63, 3.8) is 0 Å². The largest absolute Gasteiger partial charge is 0.345 e. The zero-order chi connectivity index (χ0) is 13.5. The van der Waals surface area contributed by atoms with Gasteiger partial charge in [0.05, 0.1) is 12.2 Å². The van der Waals surface area contributed by atoms with Crippen LogP contribution in [-0.4, -0.2) is 47.3 Å². The molecule has 0 aromatic carbocycles. The minimum atomic E-state index is 0.142. The molecule has 5 heteroatoms. The summed E-state index contributed by atoms with van der Waals surface area (Å²) < 4.78 is 2.01. The molecule has 18 heavy (non-hydrogen) atoms. The van der Waals surface area contributed by atoms with Crippen molar-refractivity contribution in [2.75, 3.05) is 26.7 Å². The van der Waals surface area contributed by atoms with Gasteiger partial charge in [0.25, 0.3) is 0 Å². The van der Waals surface area contributed by atoms with Crippen LogP contribution in [0.3, 0.4) is 0 Å². The lowest BCUT2D eigenvalue weighted by molar-refractivity contribution is -0.128. The number of nitrogens with zero attached hydrogens (tertiary/aromatic N) is 3. The zero-order valence-corrected chi connectivity index (χ0v) is 11.9. The fourth-order valence-corrected chi connectivity index (χ4v) is 1.76. The van der Waals surface area contributed by atoms with Gasteiger partial charge in [0.1, 0.15) is 0 Å². The smallest absolute Gasteiger partial charge is 0.236 e. The number of likely N-dealkylation sites (N-methyl/N-ethyl adjacent to an activating group) is 1. The summed E-state index contributed by atoms with van der Waals surface area (Å²) in [5, 5.41) is 7.56. The van der Waals surface area contributed by atoms with Crippen LogP contribution in [-0.2, 0) is 11.3 Å². The van der Waals surface area contributed by atoms with Crippen LogP contribution in [0, 0.1) is 13.8 Å². The molecule has 0 saturated heterocycles. The topological polar surface area (TPSA) is 50.2 Å². The number of rotatable bonds is 7. The van der Waals surface area contributed by atoms with E-state index < -0.39 is 0 Å². The quantitative estimate of drug-likeness (QED) is 0.735. The number of amides is 1. The minimum absolute atomic E-state index is 0.142. The van der Waals surface area contributed by atoms with Crippen LogP contribution in [0.15, 0.2) is 6.07 Å². The average molecular weight is 252 g/mol. The van der Waals surface area contributed by atoms with Crippen molar-refractivity contribution in [3.05, 3.63) is 17.5 Å². The first-order valence-electron chi connectivity index (χ1n) is 6.50. The van der Waals surface area contributed by atoms with Crippen molar-refractivity contribution in [3.8, 4) is 0 Å². The standard InChI is InChI=1S/C13H24N4O/c1-5-16(4)13(18)10-14-7-6-8-17-12(3)9-11(2)15-17/h9,14H,5-8,10H2,1-4H3. The van der Waals surface area contributed by atoms with E-state index in [-0.39, 0.29) is 5.91 Å². The highest BCUT2D eigenvalue weighted by molar-refractivity contribution is 5.77. The molecule has 0 saturated carbocycles. The summed E-state index contributed by atoms with van der Waals surface area (Å²) in [4.78, 5) is 13.2. The second-order valence-electron chi connectivity index (χ2n) is 4.59. The fourth-order valence-electron chi connectivity index (χ4n) is 1.76. The summed E-state index contributed by atoms with van der Waals surface area (Å²) in [6, 6.07) is 2.08. The molecule has 0 unspecified atom stereocenters. The van der Waals surface area contributed by atoms with Gasteiger partial charge in [0, 0.05) is 25.8 Å². The van der Waals surface area contributed by atoms with Gasteiger partial charge in [-0.05, 0) is 39.8 Å². The van der Waals surface area contributed by atoms with Gasteiger partial charge in [0.15, 0.2) is 0 Å². The highest BCUT2D eigenvalue weighted by atomic mass is 16.2. The number of nitrogens with one attached hydrogen (secondary N) is 1. The van der Waals surface area contributed by atoms with Crippen LogP contribution in [0.1, 0.15) is 24.7 Å². The maximum Gasteiger partial charge on any atom is 0.236 e. The number of aromatic nitrogens is 2. The molecule has 0 radical (unpaired) electrons. The molecule has 0 aliphatic carbocycles. The Hall–Kier alpha value is -1.36. The summed E-state index contributed by atoms with van der Waals surface area (Å²) in [5.41, 5.74) is 2.24. The van der Waals surface area contributed by atoms with Gasteiger partial charge in [-0.2, -0.15) is 5.10 Å². The molecule has 102 valence electrons. The Balaban J connectivity index is 2.16. The average Bonchev–Trinajstić information content (AvgIpc) is 2.66. The Bertz CT molecular complexity index is 386. The minimum Gasteiger partial charge on any atom is -0.345 e. The summed E-state index contributed by atoms with van der Waals surface area (Å²) in [6.07, 6.45) is 0.977. The van der Waals surface area contributed by atoms with Gasteiger partial charge in [-0.3, -0.25) is 9.48 Å². The van der Waals surface area contributed by atoms with Gasteiger partial charge in [0.2, 0.25) is 5.91 Å². The lowest BCUT2D eigenvalue weighted by atomic mass is 10.3. The predicted octanol–water partition coefficient (Wildman–Crippen LogP) is 0.958. The van der Waals surface area contributed by atoms with Crippen molar-refractivity contribution in [2.24, 2.45) is 0 Å². The SMILES string of the molecule is CCN(C)C(=O)CNCCCn1nc(C)cc1C. The summed E-state index contributed by atoms with van der Waals surface area (Å²) in [5.74, 6) is 0.142. The highest BCUT2D eigenvalue weighted by Crippen LogP contribution is 2.02. The highest BCUT2D eigenvalue weighted by Gasteiger charge is 2.05. The molecule has 1 heterocycles. The molecule has 1 aromatic rings. The van der Waals surface area contributed by atoms with Crippen molar-refractivity contribution >= 4 is 5.91 Å².